The highest BCUT2D eigenvalue weighted by Crippen LogP contribution is 2.32. The highest BCUT2D eigenvalue weighted by Gasteiger charge is 2.34. The average molecular weight is 681 g/mol. The number of nitrogens with zero attached hydrogens (tertiary/aromatic N) is 2. The van der Waals surface area contributed by atoms with E-state index in [1.165, 1.54) is 44.4 Å². The number of halogens is 1. The lowest BCUT2D eigenvalue weighted by atomic mass is 10.0. The van der Waals surface area contributed by atoms with Crippen LogP contribution >= 0.6 is 15.9 Å². The fourth-order valence-corrected chi connectivity index (χ4v) is 6.66. The van der Waals surface area contributed by atoms with Crippen LogP contribution < -0.4 is 19.1 Å². The van der Waals surface area contributed by atoms with E-state index in [0.29, 0.717) is 5.75 Å². The molecule has 0 heterocycles. The van der Waals surface area contributed by atoms with Gasteiger partial charge in [0.2, 0.25) is 11.8 Å². The molecule has 0 saturated heterocycles. The van der Waals surface area contributed by atoms with Crippen molar-refractivity contribution in [1.82, 2.24) is 10.2 Å². The molecule has 0 saturated carbocycles. The summed E-state index contributed by atoms with van der Waals surface area (Å²) in [4.78, 5) is 29.1. The Kier molecular flexibility index (Phi) is 11.0. The number of amides is 2. The first-order valence-corrected chi connectivity index (χ1v) is 16.0. The predicted molar refractivity (Wildman–Crippen MR) is 173 cm³/mol. The fourth-order valence-electron chi connectivity index (χ4n) is 4.78. The predicted octanol–water partition coefficient (Wildman–Crippen LogP) is 5.05. The number of likely N-dealkylation sites (N-methyl/N-ethyl adjacent to an activating group) is 1. The van der Waals surface area contributed by atoms with Gasteiger partial charge in [-0.05, 0) is 47.5 Å². The third-order valence-electron chi connectivity index (χ3n) is 7.03. The molecule has 0 unspecified atom stereocenters. The lowest BCUT2D eigenvalue weighted by molar-refractivity contribution is -0.139. The van der Waals surface area contributed by atoms with Crippen LogP contribution in [0.4, 0.5) is 5.69 Å². The van der Waals surface area contributed by atoms with Gasteiger partial charge >= 0.3 is 0 Å². The molecule has 0 radical (unpaired) electrons. The first-order valence-electron chi connectivity index (χ1n) is 13.8. The molecule has 0 aliphatic heterocycles. The summed E-state index contributed by atoms with van der Waals surface area (Å²) in [6.45, 7) is -0.487. The number of anilines is 1. The van der Waals surface area contributed by atoms with E-state index in [-0.39, 0.29) is 35.2 Å². The third kappa shape index (κ3) is 7.78. The van der Waals surface area contributed by atoms with Crippen LogP contribution in [0, 0.1) is 0 Å². The SMILES string of the molecule is CNC(=O)[C@@H](Cc1ccccc1)N(Cc1cccc(Br)c1)C(=O)CN(c1ccccc1)S(=O)(=O)c1ccc(OC)c(OC)c1. The van der Waals surface area contributed by atoms with Crippen molar-refractivity contribution >= 4 is 43.5 Å². The monoisotopic (exact) mass is 679 g/mol. The molecule has 44 heavy (non-hydrogen) atoms. The van der Waals surface area contributed by atoms with E-state index in [4.69, 9.17) is 9.47 Å². The molecule has 0 bridgehead atoms. The second-order valence-electron chi connectivity index (χ2n) is 9.84. The zero-order valence-electron chi connectivity index (χ0n) is 24.6. The molecule has 4 aromatic carbocycles. The van der Waals surface area contributed by atoms with Gasteiger partial charge in [0.15, 0.2) is 11.5 Å². The van der Waals surface area contributed by atoms with Gasteiger partial charge in [0.1, 0.15) is 12.6 Å². The summed E-state index contributed by atoms with van der Waals surface area (Å²) < 4.78 is 40.9. The van der Waals surface area contributed by atoms with Crippen molar-refractivity contribution in [3.63, 3.8) is 0 Å². The van der Waals surface area contributed by atoms with E-state index in [1.54, 1.807) is 30.3 Å². The molecular formula is C33H34BrN3O6S. The molecule has 1 atom stereocenters. The number of para-hydroxylation sites is 1. The van der Waals surface area contributed by atoms with E-state index < -0.39 is 28.5 Å². The molecule has 0 spiro atoms. The number of methoxy groups -OCH3 is 2. The molecule has 0 aromatic heterocycles. The lowest BCUT2D eigenvalue weighted by Crippen LogP contribution is -2.53. The van der Waals surface area contributed by atoms with Crippen molar-refractivity contribution in [3.8, 4) is 11.5 Å². The Morgan fingerprint density at radius 3 is 2.07 bits per heavy atom. The maximum Gasteiger partial charge on any atom is 0.264 e. The van der Waals surface area contributed by atoms with Gasteiger partial charge < -0.3 is 19.7 Å². The van der Waals surface area contributed by atoms with Crippen LogP contribution in [0.2, 0.25) is 0 Å². The van der Waals surface area contributed by atoms with E-state index in [0.717, 1.165) is 19.9 Å². The number of rotatable bonds is 13. The average Bonchev–Trinajstić information content (AvgIpc) is 3.05. The molecular weight excluding hydrogens is 646 g/mol. The molecule has 4 aromatic rings. The summed E-state index contributed by atoms with van der Waals surface area (Å²) in [5, 5.41) is 2.68. The Labute approximate surface area is 266 Å². The first kappa shape index (κ1) is 32.6. The van der Waals surface area contributed by atoms with Crippen LogP contribution in [0.5, 0.6) is 11.5 Å². The van der Waals surface area contributed by atoms with Gasteiger partial charge in [0.25, 0.3) is 10.0 Å². The number of carbonyl (C=O) groups excluding carboxylic acids is 2. The molecule has 2 amide bonds. The highest BCUT2D eigenvalue weighted by molar-refractivity contribution is 9.10. The topological polar surface area (TPSA) is 105 Å². The number of benzene rings is 4. The van der Waals surface area contributed by atoms with Crippen LogP contribution in [0.3, 0.4) is 0 Å². The summed E-state index contributed by atoms with van der Waals surface area (Å²) in [7, 11) is 0.0981. The maximum absolute atomic E-state index is 14.4. The molecule has 4 rings (SSSR count). The zero-order valence-corrected chi connectivity index (χ0v) is 27.0. The quantitative estimate of drug-likeness (QED) is 0.212. The molecule has 0 fully saturated rings. The van der Waals surface area contributed by atoms with Crippen molar-refractivity contribution in [1.29, 1.82) is 0 Å². The summed E-state index contributed by atoms with van der Waals surface area (Å²) in [6.07, 6.45) is 0.230. The van der Waals surface area contributed by atoms with Gasteiger partial charge in [0, 0.05) is 30.6 Å². The summed E-state index contributed by atoms with van der Waals surface area (Å²) in [5.74, 6) is -0.330. The van der Waals surface area contributed by atoms with Gasteiger partial charge in [-0.25, -0.2) is 8.42 Å². The Bertz CT molecular complexity index is 1690. The molecule has 0 aliphatic carbocycles. The van der Waals surface area contributed by atoms with Crippen LogP contribution in [0.15, 0.2) is 112 Å². The Balaban J connectivity index is 1.79. The minimum atomic E-state index is -4.29. The number of hydrogen-bond acceptors (Lipinski definition) is 6. The number of carbonyl (C=O) groups is 2. The van der Waals surface area contributed by atoms with Gasteiger partial charge in [-0.3, -0.25) is 13.9 Å². The van der Waals surface area contributed by atoms with Gasteiger partial charge in [0.05, 0.1) is 24.8 Å². The van der Waals surface area contributed by atoms with Gasteiger partial charge in [-0.15, -0.1) is 0 Å². The van der Waals surface area contributed by atoms with Crippen molar-refractivity contribution in [2.45, 2.75) is 23.9 Å². The van der Waals surface area contributed by atoms with E-state index in [1.807, 2.05) is 54.6 Å². The molecule has 11 heteroatoms. The number of ether oxygens (including phenoxy) is 2. The normalized spacial score (nSPS) is 11.7. The Morgan fingerprint density at radius 2 is 1.45 bits per heavy atom. The maximum atomic E-state index is 14.4. The van der Waals surface area contributed by atoms with E-state index in [9.17, 15) is 18.0 Å². The largest absolute Gasteiger partial charge is 0.493 e. The minimum absolute atomic E-state index is 0.0717. The molecule has 230 valence electrons. The summed E-state index contributed by atoms with van der Waals surface area (Å²) in [5.41, 5.74) is 1.91. The van der Waals surface area contributed by atoms with Crippen LogP contribution in [0.25, 0.3) is 0 Å². The smallest absolute Gasteiger partial charge is 0.264 e. The first-order chi connectivity index (χ1) is 21.2. The van der Waals surface area contributed by atoms with E-state index >= 15 is 0 Å². The van der Waals surface area contributed by atoms with Gasteiger partial charge in [-0.1, -0.05) is 76.6 Å². The van der Waals surface area contributed by atoms with E-state index in [2.05, 4.69) is 21.2 Å². The van der Waals surface area contributed by atoms with Gasteiger partial charge in [-0.2, -0.15) is 0 Å². The second-order valence-corrected chi connectivity index (χ2v) is 12.6. The van der Waals surface area contributed by atoms with Crippen LogP contribution in [0.1, 0.15) is 11.1 Å². The number of hydrogen-bond donors (Lipinski definition) is 1. The lowest BCUT2D eigenvalue weighted by Gasteiger charge is -2.33. The molecule has 0 aliphatic rings. The minimum Gasteiger partial charge on any atom is -0.493 e. The standard InChI is InChI=1S/C33H34BrN3O6S/c1-35-33(39)29(20-24-11-6-4-7-12-24)36(22-25-13-10-14-26(34)19-25)32(38)23-37(27-15-8-5-9-16-27)44(40,41)28-17-18-30(42-2)31(21-28)43-3/h4-19,21,29H,20,22-23H2,1-3H3,(H,35,39)/t29-/m1/s1. The summed E-state index contributed by atoms with van der Waals surface area (Å²) in [6, 6.07) is 28.5. The van der Waals surface area contributed by atoms with Crippen LogP contribution in [-0.4, -0.2) is 59.0 Å². The fraction of sp³-hybridized carbons (Fsp3) is 0.212. The summed E-state index contributed by atoms with van der Waals surface area (Å²) >= 11 is 3.48. The Hall–Kier alpha value is -4.35. The Morgan fingerprint density at radius 1 is 0.818 bits per heavy atom. The zero-order chi connectivity index (χ0) is 31.7. The number of nitrogens with one attached hydrogen (secondary N) is 1. The number of sulfonamides is 1. The second kappa shape index (κ2) is 14.9. The van der Waals surface area contributed by atoms with Crippen molar-refractivity contribution < 1.29 is 27.5 Å². The van der Waals surface area contributed by atoms with Crippen molar-refractivity contribution in [2.75, 3.05) is 32.1 Å². The van der Waals surface area contributed by atoms with Crippen LogP contribution in [-0.2, 0) is 32.6 Å². The van der Waals surface area contributed by atoms with Crippen molar-refractivity contribution in [2.24, 2.45) is 0 Å². The van der Waals surface area contributed by atoms with Crippen molar-refractivity contribution in [3.05, 3.63) is 119 Å². The third-order valence-corrected chi connectivity index (χ3v) is 9.29. The molecule has 1 N–H and O–H groups in total. The highest BCUT2D eigenvalue weighted by atomic mass is 79.9. The molecule has 9 nitrogen and oxygen atoms in total.